The quantitative estimate of drug-likeness (QED) is 0.334. The Morgan fingerprint density at radius 2 is 1.69 bits per heavy atom. The van der Waals surface area contributed by atoms with Crippen LogP contribution in [0.5, 0.6) is 5.75 Å². The summed E-state index contributed by atoms with van der Waals surface area (Å²) in [5.74, 6) is 1.26. The number of anilines is 1. The largest absolute Gasteiger partial charge is 0.487 e. The first-order valence-electron chi connectivity index (χ1n) is 8.88. The van der Waals surface area contributed by atoms with Crippen molar-refractivity contribution in [3.63, 3.8) is 0 Å². The van der Waals surface area contributed by atoms with Gasteiger partial charge in [0.15, 0.2) is 0 Å². The monoisotopic (exact) mass is 551 g/mol. The fourth-order valence-corrected chi connectivity index (χ4v) is 5.87. The lowest BCUT2D eigenvalue weighted by Crippen LogP contribution is -2.27. The highest BCUT2D eigenvalue weighted by Gasteiger charge is 2.34. The fraction of sp³-hybridized carbons (Fsp3) is 0.136. The lowest BCUT2D eigenvalue weighted by Gasteiger charge is -2.25. The maximum atomic E-state index is 12.6. The minimum atomic E-state index is -0.112. The molecule has 0 bridgehead atoms. The third-order valence-electron chi connectivity index (χ3n) is 4.50. The summed E-state index contributed by atoms with van der Waals surface area (Å²) in [6.07, 6.45) is 0. The Labute approximate surface area is 195 Å². The first-order valence-corrected chi connectivity index (χ1v) is 11.9. The number of hydrogen-bond donors (Lipinski definition) is 0. The van der Waals surface area contributed by atoms with Crippen LogP contribution in [0.4, 0.5) is 5.69 Å². The zero-order valence-electron chi connectivity index (χ0n) is 15.1. The summed E-state index contributed by atoms with van der Waals surface area (Å²) in [5.41, 5.74) is 2.95. The molecule has 1 saturated heterocycles. The van der Waals surface area contributed by atoms with Gasteiger partial charge in [0.2, 0.25) is 5.91 Å². The Hall–Kier alpha value is -1.47. The van der Waals surface area contributed by atoms with Gasteiger partial charge < -0.3 is 4.74 Å². The number of amides is 1. The SMILES string of the molecule is O=C1CS[C@@H](c2cc(Br)c(OCc3ccccc3)c(Br)c2)N1c1ccc(Cl)cc1. The van der Waals surface area contributed by atoms with Crippen LogP contribution in [0.3, 0.4) is 0 Å². The average molecular weight is 554 g/mol. The molecule has 1 atom stereocenters. The molecule has 0 aliphatic carbocycles. The Kier molecular flexibility index (Phi) is 6.54. The van der Waals surface area contributed by atoms with Gasteiger partial charge in [-0.05, 0) is 79.4 Å². The lowest BCUT2D eigenvalue weighted by atomic mass is 10.1. The molecule has 0 N–H and O–H groups in total. The minimum Gasteiger partial charge on any atom is -0.487 e. The predicted molar refractivity (Wildman–Crippen MR) is 127 cm³/mol. The highest BCUT2D eigenvalue weighted by atomic mass is 79.9. The number of hydrogen-bond acceptors (Lipinski definition) is 3. The molecule has 148 valence electrons. The van der Waals surface area contributed by atoms with Crippen molar-refractivity contribution in [1.29, 1.82) is 0 Å². The molecule has 0 aromatic heterocycles. The van der Waals surface area contributed by atoms with Gasteiger partial charge in [-0.25, -0.2) is 0 Å². The first-order chi connectivity index (χ1) is 14.0. The molecule has 1 heterocycles. The van der Waals surface area contributed by atoms with E-state index in [-0.39, 0.29) is 11.3 Å². The van der Waals surface area contributed by atoms with Crippen molar-refractivity contribution < 1.29 is 9.53 Å². The lowest BCUT2D eigenvalue weighted by molar-refractivity contribution is -0.115. The second-order valence-corrected chi connectivity index (χ2v) is 9.71. The van der Waals surface area contributed by atoms with Crippen LogP contribution in [0, 0.1) is 0 Å². The van der Waals surface area contributed by atoms with E-state index in [0.29, 0.717) is 17.4 Å². The molecule has 1 amide bonds. The maximum Gasteiger partial charge on any atom is 0.238 e. The second kappa shape index (κ2) is 9.13. The fourth-order valence-electron chi connectivity index (χ4n) is 3.14. The number of halogens is 3. The molecule has 7 heteroatoms. The van der Waals surface area contributed by atoms with Crippen LogP contribution in [0.15, 0.2) is 75.7 Å². The van der Waals surface area contributed by atoms with Gasteiger partial charge in [0.25, 0.3) is 0 Å². The van der Waals surface area contributed by atoms with Crippen LogP contribution < -0.4 is 9.64 Å². The van der Waals surface area contributed by atoms with Crippen LogP contribution in [0.25, 0.3) is 0 Å². The van der Waals surface area contributed by atoms with E-state index < -0.39 is 0 Å². The third kappa shape index (κ3) is 4.66. The van der Waals surface area contributed by atoms with E-state index in [4.69, 9.17) is 16.3 Å². The molecule has 4 rings (SSSR count). The Balaban J connectivity index is 1.59. The van der Waals surface area contributed by atoms with Gasteiger partial charge in [-0.15, -0.1) is 11.8 Å². The summed E-state index contributed by atoms with van der Waals surface area (Å²) < 4.78 is 7.70. The first kappa shape index (κ1) is 20.8. The van der Waals surface area contributed by atoms with Gasteiger partial charge in [0.05, 0.1) is 14.7 Å². The normalized spacial score (nSPS) is 16.3. The molecule has 0 spiro atoms. The van der Waals surface area contributed by atoms with Gasteiger partial charge >= 0.3 is 0 Å². The van der Waals surface area contributed by atoms with E-state index in [1.807, 2.05) is 59.5 Å². The van der Waals surface area contributed by atoms with Gasteiger partial charge in [-0.1, -0.05) is 41.9 Å². The van der Waals surface area contributed by atoms with Crippen LogP contribution >= 0.6 is 55.2 Å². The van der Waals surface area contributed by atoms with E-state index in [1.165, 1.54) is 0 Å². The Morgan fingerprint density at radius 1 is 1.03 bits per heavy atom. The van der Waals surface area contributed by atoms with Crippen molar-refractivity contribution in [2.24, 2.45) is 0 Å². The highest BCUT2D eigenvalue weighted by molar-refractivity contribution is 9.11. The zero-order valence-corrected chi connectivity index (χ0v) is 19.9. The van der Waals surface area contributed by atoms with Gasteiger partial charge in [0, 0.05) is 10.7 Å². The molecule has 3 aromatic carbocycles. The summed E-state index contributed by atoms with van der Waals surface area (Å²) in [7, 11) is 0. The van der Waals surface area contributed by atoms with E-state index in [9.17, 15) is 4.79 Å². The van der Waals surface area contributed by atoms with Gasteiger partial charge in [-0.3, -0.25) is 9.69 Å². The third-order valence-corrected chi connectivity index (χ3v) is 7.15. The molecule has 0 unspecified atom stereocenters. The topological polar surface area (TPSA) is 29.5 Å². The molecule has 1 fully saturated rings. The minimum absolute atomic E-state index is 0.0824. The molecule has 0 radical (unpaired) electrons. The Bertz CT molecular complexity index is 1010. The summed E-state index contributed by atoms with van der Waals surface area (Å²) >= 11 is 14.9. The predicted octanol–water partition coefficient (Wildman–Crippen LogP) is 7.22. The van der Waals surface area contributed by atoms with Crippen molar-refractivity contribution in [2.75, 3.05) is 10.7 Å². The number of nitrogens with zero attached hydrogens (tertiary/aromatic N) is 1. The molecular formula is C22H16Br2ClNO2S. The van der Waals surface area contributed by atoms with Crippen molar-refractivity contribution in [1.82, 2.24) is 0 Å². The standard InChI is InChI=1S/C22H16Br2ClNO2S/c23-18-10-15(11-19(24)21(18)28-12-14-4-2-1-3-5-14)22-26(20(27)13-29-22)17-8-6-16(25)7-9-17/h1-11,22H,12-13H2/t22-/m0/s1. The average Bonchev–Trinajstić information content (AvgIpc) is 3.10. The van der Waals surface area contributed by atoms with E-state index in [1.54, 1.807) is 23.9 Å². The second-order valence-electron chi connectivity index (χ2n) is 6.49. The number of carbonyl (C=O) groups is 1. The van der Waals surface area contributed by atoms with E-state index in [0.717, 1.165) is 31.5 Å². The molecular weight excluding hydrogens is 538 g/mol. The molecule has 0 saturated carbocycles. The van der Waals surface area contributed by atoms with Crippen molar-refractivity contribution in [3.8, 4) is 5.75 Å². The maximum absolute atomic E-state index is 12.6. The summed E-state index contributed by atoms with van der Waals surface area (Å²) in [6, 6.07) is 21.4. The summed E-state index contributed by atoms with van der Waals surface area (Å²) in [6.45, 7) is 0.477. The number of rotatable bonds is 5. The molecule has 1 aliphatic heterocycles. The van der Waals surface area contributed by atoms with Crippen LogP contribution in [-0.2, 0) is 11.4 Å². The van der Waals surface area contributed by atoms with Crippen molar-refractivity contribution in [2.45, 2.75) is 12.0 Å². The number of benzene rings is 3. The molecule has 29 heavy (non-hydrogen) atoms. The number of thioether (sulfide) groups is 1. The molecule has 3 nitrogen and oxygen atoms in total. The Morgan fingerprint density at radius 3 is 2.34 bits per heavy atom. The van der Waals surface area contributed by atoms with Crippen LogP contribution in [-0.4, -0.2) is 11.7 Å². The summed E-state index contributed by atoms with van der Waals surface area (Å²) in [4.78, 5) is 14.4. The van der Waals surface area contributed by atoms with Crippen LogP contribution in [0.2, 0.25) is 5.02 Å². The zero-order chi connectivity index (χ0) is 20.4. The van der Waals surface area contributed by atoms with E-state index >= 15 is 0 Å². The smallest absolute Gasteiger partial charge is 0.238 e. The van der Waals surface area contributed by atoms with Crippen molar-refractivity contribution >= 4 is 66.8 Å². The molecule has 1 aliphatic rings. The van der Waals surface area contributed by atoms with Gasteiger partial charge in [0.1, 0.15) is 17.7 Å². The van der Waals surface area contributed by atoms with Gasteiger partial charge in [-0.2, -0.15) is 0 Å². The highest BCUT2D eigenvalue weighted by Crippen LogP contribution is 2.45. The van der Waals surface area contributed by atoms with E-state index in [2.05, 4.69) is 31.9 Å². The number of ether oxygens (including phenoxy) is 1. The number of carbonyl (C=O) groups excluding carboxylic acids is 1. The molecule has 3 aromatic rings. The van der Waals surface area contributed by atoms with Crippen LogP contribution in [0.1, 0.15) is 16.5 Å². The van der Waals surface area contributed by atoms with Crippen molar-refractivity contribution in [3.05, 3.63) is 91.8 Å². The summed E-state index contributed by atoms with van der Waals surface area (Å²) in [5, 5.41) is 0.537.